The molecule has 0 aliphatic heterocycles. The van der Waals surface area contributed by atoms with E-state index >= 15 is 0 Å². The van der Waals surface area contributed by atoms with Gasteiger partial charge in [-0.3, -0.25) is 0 Å². The van der Waals surface area contributed by atoms with Crippen molar-refractivity contribution in [2.75, 3.05) is 0 Å². The Hall–Kier alpha value is 0.327. The van der Waals surface area contributed by atoms with E-state index in [-0.39, 0.29) is 0 Å². The highest BCUT2D eigenvalue weighted by atomic mass is 31.2. The molecule has 4 nitrogen and oxygen atoms in total. The van der Waals surface area contributed by atoms with Crippen LogP contribution in [0.15, 0.2) is 0 Å². The summed E-state index contributed by atoms with van der Waals surface area (Å²) in [7, 11) is -6.45. The van der Waals surface area contributed by atoms with E-state index in [1.165, 1.54) is 12.8 Å². The minimum absolute atomic E-state index is 0.417. The molecule has 1 aliphatic rings. The molecule has 0 aromatic heterocycles. The van der Waals surface area contributed by atoms with Crippen LogP contribution in [0.1, 0.15) is 25.7 Å². The summed E-state index contributed by atoms with van der Waals surface area (Å²) in [5.74, 6) is 0. The Kier molecular flexibility index (Phi) is 3.36. The third-order valence-electron chi connectivity index (χ3n) is 2.69. The van der Waals surface area contributed by atoms with Crippen LogP contribution >= 0.6 is 7.82 Å². The highest BCUT2D eigenvalue weighted by Crippen LogP contribution is 2.47. The van der Waals surface area contributed by atoms with E-state index in [9.17, 15) is 4.57 Å². The summed E-state index contributed by atoms with van der Waals surface area (Å²) in [5, 5.41) is 0. The lowest BCUT2D eigenvalue weighted by molar-refractivity contribution is 0.277. The smallest absolute Gasteiger partial charge is 0.330 e. The highest BCUT2D eigenvalue weighted by molar-refractivity contribution is 7.48. The Morgan fingerprint density at radius 3 is 2.15 bits per heavy atom. The molecule has 0 atom stereocenters. The van der Waals surface area contributed by atoms with Crippen molar-refractivity contribution in [3.8, 4) is 0 Å². The summed E-state index contributed by atoms with van der Waals surface area (Å²) in [6, 6.07) is 0. The maximum Gasteiger partial charge on any atom is 0.459 e. The van der Waals surface area contributed by atoms with Crippen molar-refractivity contribution in [2.45, 2.75) is 44.3 Å². The molecule has 78 valence electrons. The van der Waals surface area contributed by atoms with Crippen molar-refractivity contribution in [1.82, 2.24) is 0 Å². The topological polar surface area (TPSA) is 66.8 Å². The maximum absolute atomic E-state index is 10.7. The van der Waals surface area contributed by atoms with Crippen LogP contribution in [0.3, 0.4) is 0 Å². The van der Waals surface area contributed by atoms with Gasteiger partial charge in [-0.2, -0.15) is 0 Å². The third kappa shape index (κ3) is 3.52. The molecule has 1 aliphatic carbocycles. The van der Waals surface area contributed by atoms with Crippen LogP contribution in [-0.2, 0) is 8.78 Å². The minimum Gasteiger partial charge on any atom is -0.330 e. The quantitative estimate of drug-likeness (QED) is 0.570. The van der Waals surface area contributed by atoms with Gasteiger partial charge < -0.3 is 14.0 Å². The lowest BCUT2D eigenvalue weighted by atomic mass is 10.4. The highest BCUT2D eigenvalue weighted by Gasteiger charge is 2.40. The molecular weight excluding hydrogens is 207 g/mol. The molecule has 1 fully saturated rings. The summed E-state index contributed by atoms with van der Waals surface area (Å²) in [6.45, 7) is 3.78. The van der Waals surface area contributed by atoms with Gasteiger partial charge in [0.05, 0.1) is 0 Å². The van der Waals surface area contributed by atoms with Crippen LogP contribution in [0, 0.1) is 0 Å². The van der Waals surface area contributed by atoms with Gasteiger partial charge in [-0.1, -0.05) is 25.7 Å². The predicted molar refractivity (Wildman–Crippen MR) is 52.8 cm³/mol. The van der Waals surface area contributed by atoms with Gasteiger partial charge in [-0.05, 0) is 18.6 Å². The SMILES string of the molecule is C[Si](C)(OP(=O)(O)O)C1CCCC1. The molecule has 0 unspecified atom stereocenters. The van der Waals surface area contributed by atoms with Crippen LogP contribution in [-0.4, -0.2) is 18.1 Å². The fraction of sp³-hybridized carbons (Fsp3) is 1.00. The van der Waals surface area contributed by atoms with Crippen molar-refractivity contribution in [1.29, 1.82) is 0 Å². The molecule has 2 N–H and O–H groups in total. The fourth-order valence-corrected chi connectivity index (χ4v) is 6.85. The summed E-state index contributed by atoms with van der Waals surface area (Å²) >= 11 is 0. The summed E-state index contributed by atoms with van der Waals surface area (Å²) in [4.78, 5) is 17.5. The zero-order chi connectivity index (χ0) is 10.1. The Balaban J connectivity index is 2.59. The van der Waals surface area contributed by atoms with E-state index in [1.807, 2.05) is 13.1 Å². The molecule has 13 heavy (non-hydrogen) atoms. The Bertz CT molecular complexity index is 219. The molecule has 1 saturated carbocycles. The van der Waals surface area contributed by atoms with Gasteiger partial charge >= 0.3 is 7.82 Å². The average molecular weight is 224 g/mol. The Morgan fingerprint density at radius 1 is 1.31 bits per heavy atom. The first-order valence-electron chi connectivity index (χ1n) is 4.57. The Morgan fingerprint density at radius 2 is 1.77 bits per heavy atom. The van der Waals surface area contributed by atoms with Gasteiger partial charge in [0.2, 0.25) is 8.32 Å². The van der Waals surface area contributed by atoms with Crippen LogP contribution in [0.5, 0.6) is 0 Å². The van der Waals surface area contributed by atoms with Crippen LogP contribution in [0.25, 0.3) is 0 Å². The summed E-state index contributed by atoms with van der Waals surface area (Å²) < 4.78 is 15.6. The molecule has 0 radical (unpaired) electrons. The van der Waals surface area contributed by atoms with Gasteiger partial charge in [0.1, 0.15) is 0 Å². The first-order chi connectivity index (χ1) is 5.81. The second kappa shape index (κ2) is 3.83. The van der Waals surface area contributed by atoms with Crippen molar-refractivity contribution >= 4 is 16.1 Å². The first kappa shape index (κ1) is 11.4. The lowest BCUT2D eigenvalue weighted by Crippen LogP contribution is -2.34. The molecule has 6 heteroatoms. The first-order valence-corrected chi connectivity index (χ1v) is 9.09. The summed E-state index contributed by atoms with van der Waals surface area (Å²) in [6.07, 6.45) is 4.48. The second-order valence-electron chi connectivity index (χ2n) is 4.17. The summed E-state index contributed by atoms with van der Waals surface area (Å²) in [5.41, 5.74) is 0.417. The molecule has 0 heterocycles. The minimum atomic E-state index is -4.28. The van der Waals surface area contributed by atoms with Crippen molar-refractivity contribution < 1.29 is 18.6 Å². The molecule has 0 amide bonds. The number of hydrogen-bond donors (Lipinski definition) is 2. The monoisotopic (exact) mass is 224 g/mol. The standard InChI is InChI=1S/C7H17O4PSi/c1-13(2,11-12(8,9)10)7-5-3-4-6-7/h7H,3-6H2,1-2H3,(H2,8,9,10). The molecular formula is C7H17O4PSi. The van der Waals surface area contributed by atoms with Crippen molar-refractivity contribution in [3.63, 3.8) is 0 Å². The van der Waals surface area contributed by atoms with Gasteiger partial charge in [0.15, 0.2) is 0 Å². The van der Waals surface area contributed by atoms with E-state index in [4.69, 9.17) is 14.0 Å². The fourth-order valence-electron chi connectivity index (χ4n) is 2.00. The zero-order valence-corrected chi connectivity index (χ0v) is 9.96. The van der Waals surface area contributed by atoms with E-state index in [2.05, 4.69) is 0 Å². The van der Waals surface area contributed by atoms with Gasteiger partial charge in [-0.25, -0.2) is 4.57 Å². The van der Waals surface area contributed by atoms with Crippen molar-refractivity contribution in [3.05, 3.63) is 0 Å². The Labute approximate surface area is 79.7 Å². The third-order valence-corrected chi connectivity index (χ3v) is 8.07. The molecule has 1 rings (SSSR count). The maximum atomic E-state index is 10.7. The van der Waals surface area contributed by atoms with Crippen LogP contribution < -0.4 is 0 Å². The molecule has 0 aromatic rings. The predicted octanol–water partition coefficient (Wildman–Crippen LogP) is 2.25. The van der Waals surface area contributed by atoms with E-state index < -0.39 is 16.1 Å². The van der Waals surface area contributed by atoms with Gasteiger partial charge in [-0.15, -0.1) is 0 Å². The molecule has 0 bridgehead atoms. The van der Waals surface area contributed by atoms with Crippen LogP contribution in [0.2, 0.25) is 18.6 Å². The van der Waals surface area contributed by atoms with Gasteiger partial charge in [0, 0.05) is 0 Å². The normalized spacial score (nSPS) is 20.9. The van der Waals surface area contributed by atoms with E-state index in [0.29, 0.717) is 5.54 Å². The second-order valence-corrected chi connectivity index (χ2v) is 9.90. The lowest BCUT2D eigenvalue weighted by Gasteiger charge is -2.28. The van der Waals surface area contributed by atoms with E-state index in [1.54, 1.807) is 0 Å². The van der Waals surface area contributed by atoms with Gasteiger partial charge in [0.25, 0.3) is 0 Å². The molecule has 0 spiro atoms. The number of phosphoric acid groups is 1. The number of rotatable bonds is 3. The number of hydrogen-bond acceptors (Lipinski definition) is 2. The van der Waals surface area contributed by atoms with Crippen molar-refractivity contribution in [2.24, 2.45) is 0 Å². The zero-order valence-electron chi connectivity index (χ0n) is 8.06. The molecule has 0 aromatic carbocycles. The average Bonchev–Trinajstić information content (AvgIpc) is 2.29. The van der Waals surface area contributed by atoms with Crippen LogP contribution in [0.4, 0.5) is 0 Å². The largest absolute Gasteiger partial charge is 0.459 e. The van der Waals surface area contributed by atoms with E-state index in [0.717, 1.165) is 12.8 Å². The molecule has 0 saturated heterocycles.